The zero-order valence-corrected chi connectivity index (χ0v) is 17.7. The van der Waals surface area contributed by atoms with Gasteiger partial charge in [0.15, 0.2) is 11.5 Å². The van der Waals surface area contributed by atoms with Crippen LogP contribution in [-0.4, -0.2) is 46.0 Å². The van der Waals surface area contributed by atoms with Gasteiger partial charge < -0.3 is 19.1 Å². The molecule has 0 saturated heterocycles. The molecular weight excluding hydrogens is 370 g/mol. The van der Waals surface area contributed by atoms with Crippen molar-refractivity contribution in [3.8, 4) is 17.2 Å². The summed E-state index contributed by atoms with van der Waals surface area (Å²) in [5.41, 5.74) is 4.89. The molecule has 0 fully saturated rings. The Balaban J connectivity index is 2.18. The lowest BCUT2D eigenvalue weighted by molar-refractivity contribution is 0.0954. The molecule has 7 nitrogen and oxygen atoms in total. The fraction of sp³-hybridized carbons (Fsp3) is 0.364. The largest absolute Gasteiger partial charge is 0.490 e. The number of nitrogens with zero attached hydrogens (tertiary/aromatic N) is 2. The van der Waals surface area contributed by atoms with Crippen LogP contribution < -0.4 is 24.5 Å². The standard InChI is InChI=1S/C22H29N3O4/c1-6-27-19-13-17(14-20(28-7-2)21(19)29-8-3)22(26)24-23-15-16-9-11-18(12-10-16)25(4)5/h9-15H,6-8H2,1-5H3,(H,24,26). The average molecular weight is 399 g/mol. The van der Waals surface area contributed by atoms with E-state index in [4.69, 9.17) is 14.2 Å². The molecule has 2 aromatic carbocycles. The minimum atomic E-state index is -0.365. The zero-order chi connectivity index (χ0) is 21.2. The third kappa shape index (κ3) is 6.14. The summed E-state index contributed by atoms with van der Waals surface area (Å²) in [6.07, 6.45) is 1.60. The summed E-state index contributed by atoms with van der Waals surface area (Å²) in [6, 6.07) is 11.1. The third-order valence-corrected chi connectivity index (χ3v) is 3.96. The molecule has 0 radical (unpaired) electrons. The monoisotopic (exact) mass is 399 g/mol. The second-order valence-electron chi connectivity index (χ2n) is 6.29. The number of nitrogens with one attached hydrogen (secondary N) is 1. The van der Waals surface area contributed by atoms with Gasteiger partial charge in [-0.3, -0.25) is 4.79 Å². The van der Waals surface area contributed by atoms with Crippen LogP contribution in [0.5, 0.6) is 17.2 Å². The Bertz CT molecular complexity index is 805. The number of hydrogen-bond acceptors (Lipinski definition) is 6. The third-order valence-electron chi connectivity index (χ3n) is 3.96. The molecule has 0 unspecified atom stereocenters. The van der Waals surface area contributed by atoms with Crippen molar-refractivity contribution in [1.29, 1.82) is 0 Å². The van der Waals surface area contributed by atoms with E-state index < -0.39 is 0 Å². The Labute approximate surface area is 172 Å². The van der Waals surface area contributed by atoms with Crippen molar-refractivity contribution in [2.45, 2.75) is 20.8 Å². The molecule has 0 spiro atoms. The Hall–Kier alpha value is -3.22. The number of carbonyl (C=O) groups is 1. The van der Waals surface area contributed by atoms with Gasteiger partial charge in [0, 0.05) is 25.3 Å². The van der Waals surface area contributed by atoms with Crippen LogP contribution in [0, 0.1) is 0 Å². The van der Waals surface area contributed by atoms with Gasteiger partial charge in [0.05, 0.1) is 26.0 Å². The molecule has 7 heteroatoms. The van der Waals surface area contributed by atoms with E-state index in [1.54, 1.807) is 18.3 Å². The Kier molecular flexibility index (Phi) is 8.33. The van der Waals surface area contributed by atoms with E-state index in [2.05, 4.69) is 10.5 Å². The molecule has 29 heavy (non-hydrogen) atoms. The van der Waals surface area contributed by atoms with Crippen LogP contribution >= 0.6 is 0 Å². The lowest BCUT2D eigenvalue weighted by Crippen LogP contribution is -2.18. The fourth-order valence-electron chi connectivity index (χ4n) is 2.61. The lowest BCUT2D eigenvalue weighted by atomic mass is 10.1. The van der Waals surface area contributed by atoms with Crippen LogP contribution in [0.25, 0.3) is 0 Å². The van der Waals surface area contributed by atoms with E-state index in [1.807, 2.05) is 64.0 Å². The second kappa shape index (κ2) is 10.9. The first kappa shape index (κ1) is 22.1. The molecule has 0 aliphatic rings. The molecule has 2 aromatic rings. The van der Waals surface area contributed by atoms with Crippen LogP contribution in [0.4, 0.5) is 5.69 Å². The normalized spacial score (nSPS) is 10.7. The predicted octanol–water partition coefficient (Wildman–Crippen LogP) is 3.71. The first-order valence-corrected chi connectivity index (χ1v) is 9.67. The molecule has 1 amide bonds. The maximum absolute atomic E-state index is 12.6. The van der Waals surface area contributed by atoms with E-state index in [0.717, 1.165) is 11.3 Å². The van der Waals surface area contributed by atoms with E-state index in [1.165, 1.54) is 0 Å². The van der Waals surface area contributed by atoms with Crippen molar-refractivity contribution in [2.24, 2.45) is 5.10 Å². The summed E-state index contributed by atoms with van der Waals surface area (Å²) in [4.78, 5) is 14.6. The number of ether oxygens (including phenoxy) is 3. The van der Waals surface area contributed by atoms with E-state index in [0.29, 0.717) is 42.6 Å². The molecule has 0 aliphatic carbocycles. The molecule has 1 N–H and O–H groups in total. The van der Waals surface area contributed by atoms with Crippen molar-refractivity contribution in [3.63, 3.8) is 0 Å². The molecule has 0 bridgehead atoms. The van der Waals surface area contributed by atoms with Crippen LogP contribution in [0.1, 0.15) is 36.7 Å². The highest BCUT2D eigenvalue weighted by atomic mass is 16.5. The summed E-state index contributed by atoms with van der Waals surface area (Å²) < 4.78 is 16.9. The van der Waals surface area contributed by atoms with Gasteiger partial charge in [-0.25, -0.2) is 5.43 Å². The lowest BCUT2D eigenvalue weighted by Gasteiger charge is -2.16. The number of hydrazone groups is 1. The number of rotatable bonds is 10. The van der Waals surface area contributed by atoms with Crippen molar-refractivity contribution < 1.29 is 19.0 Å². The fourth-order valence-corrected chi connectivity index (χ4v) is 2.61. The van der Waals surface area contributed by atoms with Crippen molar-refractivity contribution in [1.82, 2.24) is 5.43 Å². The number of amides is 1. The summed E-state index contributed by atoms with van der Waals surface area (Å²) in [6.45, 7) is 6.97. The summed E-state index contributed by atoms with van der Waals surface area (Å²) >= 11 is 0. The number of carbonyl (C=O) groups excluding carboxylic acids is 1. The van der Waals surface area contributed by atoms with Crippen LogP contribution in [0.3, 0.4) is 0 Å². The summed E-state index contributed by atoms with van der Waals surface area (Å²) in [5, 5.41) is 4.05. The summed E-state index contributed by atoms with van der Waals surface area (Å²) in [7, 11) is 3.96. The zero-order valence-electron chi connectivity index (χ0n) is 17.7. The minimum absolute atomic E-state index is 0.365. The first-order chi connectivity index (χ1) is 14.0. The van der Waals surface area contributed by atoms with E-state index in [9.17, 15) is 4.79 Å². The van der Waals surface area contributed by atoms with Crippen LogP contribution in [0.2, 0.25) is 0 Å². The maximum atomic E-state index is 12.6. The predicted molar refractivity (Wildman–Crippen MR) is 116 cm³/mol. The minimum Gasteiger partial charge on any atom is -0.490 e. The number of benzene rings is 2. The Morgan fingerprint density at radius 3 is 2.00 bits per heavy atom. The second-order valence-corrected chi connectivity index (χ2v) is 6.29. The highest BCUT2D eigenvalue weighted by Gasteiger charge is 2.18. The van der Waals surface area contributed by atoms with Gasteiger partial charge in [0.2, 0.25) is 5.75 Å². The van der Waals surface area contributed by atoms with Gasteiger partial charge in [-0.1, -0.05) is 12.1 Å². The molecule has 0 saturated carbocycles. The summed E-state index contributed by atoms with van der Waals surface area (Å²) in [5.74, 6) is 1.07. The Morgan fingerprint density at radius 1 is 0.966 bits per heavy atom. The van der Waals surface area contributed by atoms with E-state index >= 15 is 0 Å². The van der Waals surface area contributed by atoms with E-state index in [-0.39, 0.29) is 5.91 Å². The Morgan fingerprint density at radius 2 is 1.52 bits per heavy atom. The van der Waals surface area contributed by atoms with Gasteiger partial charge in [-0.15, -0.1) is 0 Å². The van der Waals surface area contributed by atoms with Crippen LogP contribution in [0.15, 0.2) is 41.5 Å². The highest BCUT2D eigenvalue weighted by molar-refractivity contribution is 5.96. The molecule has 0 aromatic heterocycles. The number of anilines is 1. The number of hydrogen-bond donors (Lipinski definition) is 1. The smallest absolute Gasteiger partial charge is 0.271 e. The average Bonchev–Trinajstić information content (AvgIpc) is 2.70. The van der Waals surface area contributed by atoms with Gasteiger partial charge in [0.25, 0.3) is 5.91 Å². The van der Waals surface area contributed by atoms with Gasteiger partial charge in [-0.05, 0) is 50.6 Å². The van der Waals surface area contributed by atoms with Crippen molar-refractivity contribution in [3.05, 3.63) is 47.5 Å². The molecular formula is C22H29N3O4. The van der Waals surface area contributed by atoms with Crippen molar-refractivity contribution in [2.75, 3.05) is 38.8 Å². The molecule has 156 valence electrons. The maximum Gasteiger partial charge on any atom is 0.271 e. The van der Waals surface area contributed by atoms with Crippen molar-refractivity contribution >= 4 is 17.8 Å². The molecule has 0 heterocycles. The van der Waals surface area contributed by atoms with Gasteiger partial charge in [-0.2, -0.15) is 5.10 Å². The molecule has 2 rings (SSSR count). The van der Waals surface area contributed by atoms with Crippen LogP contribution in [-0.2, 0) is 0 Å². The van der Waals surface area contributed by atoms with Gasteiger partial charge >= 0.3 is 0 Å². The first-order valence-electron chi connectivity index (χ1n) is 9.67. The molecule has 0 aliphatic heterocycles. The topological polar surface area (TPSA) is 72.4 Å². The quantitative estimate of drug-likeness (QED) is 0.487. The highest BCUT2D eigenvalue weighted by Crippen LogP contribution is 2.39. The molecule has 0 atom stereocenters. The SMILES string of the molecule is CCOc1cc(C(=O)NN=Cc2ccc(N(C)C)cc2)cc(OCC)c1OCC. The van der Waals surface area contributed by atoms with Gasteiger partial charge in [0.1, 0.15) is 0 Å².